The standard InChI is InChI=1S/C26H33NO7/c1-16(2)24(18(4)32-15-20-10-8-7-9-11-20)34-26(30)17(3)14-21(29)23-25(33-19(5)28)22(31-6)12-13-27-23/h7-13,16-18,24H,14-15H2,1-6H3/t17-,18+,24-/m1/s1. The number of methoxy groups -OCH3 is 1. The lowest BCUT2D eigenvalue weighted by atomic mass is 10.00. The van der Waals surface area contributed by atoms with Crippen molar-refractivity contribution < 1.29 is 33.3 Å². The second-order valence-corrected chi connectivity index (χ2v) is 8.46. The lowest BCUT2D eigenvalue weighted by molar-refractivity contribution is -0.165. The zero-order valence-electron chi connectivity index (χ0n) is 20.6. The Bertz CT molecular complexity index is 974. The van der Waals surface area contributed by atoms with Gasteiger partial charge in [0.1, 0.15) is 6.10 Å². The lowest BCUT2D eigenvalue weighted by Gasteiger charge is -2.28. The number of Topliss-reactive ketones (excluding diaryl/α,β-unsaturated/α-hetero) is 1. The summed E-state index contributed by atoms with van der Waals surface area (Å²) < 4.78 is 22.0. The van der Waals surface area contributed by atoms with Gasteiger partial charge in [-0.05, 0) is 18.4 Å². The van der Waals surface area contributed by atoms with E-state index in [4.69, 9.17) is 18.9 Å². The van der Waals surface area contributed by atoms with E-state index in [0.29, 0.717) is 6.61 Å². The quantitative estimate of drug-likeness (QED) is 0.332. The van der Waals surface area contributed by atoms with Crippen LogP contribution in [0.2, 0.25) is 0 Å². The third kappa shape index (κ3) is 7.66. The number of pyridine rings is 1. The average Bonchev–Trinajstić information content (AvgIpc) is 2.80. The molecule has 2 aromatic rings. The Morgan fingerprint density at radius 2 is 1.68 bits per heavy atom. The molecule has 0 N–H and O–H groups in total. The Labute approximate surface area is 200 Å². The summed E-state index contributed by atoms with van der Waals surface area (Å²) in [4.78, 5) is 41.3. The Morgan fingerprint density at radius 3 is 2.26 bits per heavy atom. The van der Waals surface area contributed by atoms with Crippen LogP contribution in [-0.2, 0) is 25.7 Å². The van der Waals surface area contributed by atoms with Gasteiger partial charge in [0, 0.05) is 25.6 Å². The number of ether oxygens (including phenoxy) is 4. The Balaban J connectivity index is 2.04. The zero-order chi connectivity index (χ0) is 25.3. The minimum Gasteiger partial charge on any atom is -0.493 e. The third-order valence-corrected chi connectivity index (χ3v) is 5.22. The number of nitrogens with zero attached hydrogens (tertiary/aromatic N) is 1. The van der Waals surface area contributed by atoms with Crippen LogP contribution in [0, 0.1) is 11.8 Å². The highest BCUT2D eigenvalue weighted by atomic mass is 16.6. The Kier molecular flexibility index (Phi) is 10.2. The molecule has 0 saturated heterocycles. The first-order valence-corrected chi connectivity index (χ1v) is 11.2. The SMILES string of the molecule is COc1ccnc(C(=O)C[C@@H](C)C(=O)O[C@H](C(C)C)[C@H](C)OCc2ccccc2)c1OC(C)=O. The molecule has 0 aliphatic carbocycles. The molecule has 1 aromatic heterocycles. The number of hydrogen-bond donors (Lipinski definition) is 0. The maximum atomic E-state index is 12.9. The van der Waals surface area contributed by atoms with Gasteiger partial charge in [0.25, 0.3) is 0 Å². The molecule has 3 atom stereocenters. The van der Waals surface area contributed by atoms with Crippen LogP contribution in [0.1, 0.15) is 57.1 Å². The highest BCUT2D eigenvalue weighted by Gasteiger charge is 2.30. The minimum absolute atomic E-state index is 0.00763. The smallest absolute Gasteiger partial charge is 0.309 e. The van der Waals surface area contributed by atoms with Gasteiger partial charge in [0.05, 0.1) is 25.7 Å². The van der Waals surface area contributed by atoms with Gasteiger partial charge in [-0.15, -0.1) is 0 Å². The van der Waals surface area contributed by atoms with Crippen molar-refractivity contribution in [3.8, 4) is 11.5 Å². The highest BCUT2D eigenvalue weighted by molar-refractivity contribution is 5.99. The van der Waals surface area contributed by atoms with Gasteiger partial charge in [-0.3, -0.25) is 14.4 Å². The molecule has 184 valence electrons. The Morgan fingerprint density at radius 1 is 1.00 bits per heavy atom. The Hall–Kier alpha value is -3.26. The molecule has 8 heteroatoms. The van der Waals surface area contributed by atoms with Crippen LogP contribution in [0.15, 0.2) is 42.6 Å². The van der Waals surface area contributed by atoms with Gasteiger partial charge in [-0.1, -0.05) is 51.1 Å². The largest absolute Gasteiger partial charge is 0.493 e. The normalized spacial score (nSPS) is 13.6. The molecule has 2 rings (SSSR count). The van der Waals surface area contributed by atoms with Crippen LogP contribution >= 0.6 is 0 Å². The highest BCUT2D eigenvalue weighted by Crippen LogP contribution is 2.31. The van der Waals surface area contributed by atoms with Crippen LogP contribution in [-0.4, -0.2) is 42.0 Å². The fourth-order valence-corrected chi connectivity index (χ4v) is 3.41. The van der Waals surface area contributed by atoms with E-state index in [1.165, 1.54) is 26.3 Å². The molecule has 0 bridgehead atoms. The molecule has 0 aliphatic heterocycles. The monoisotopic (exact) mass is 471 g/mol. The lowest BCUT2D eigenvalue weighted by Crippen LogP contribution is -2.37. The number of carbonyl (C=O) groups is 3. The predicted molar refractivity (Wildman–Crippen MR) is 126 cm³/mol. The van der Waals surface area contributed by atoms with E-state index in [-0.39, 0.29) is 35.6 Å². The molecular weight excluding hydrogens is 438 g/mol. The van der Waals surface area contributed by atoms with Crippen molar-refractivity contribution in [2.24, 2.45) is 11.8 Å². The molecule has 0 fully saturated rings. The molecule has 34 heavy (non-hydrogen) atoms. The summed E-state index contributed by atoms with van der Waals surface area (Å²) >= 11 is 0. The maximum absolute atomic E-state index is 12.9. The summed E-state index contributed by atoms with van der Waals surface area (Å²) in [6.07, 6.45) is 0.378. The fraction of sp³-hybridized carbons (Fsp3) is 0.462. The second-order valence-electron chi connectivity index (χ2n) is 8.46. The predicted octanol–water partition coefficient (Wildman–Crippen LogP) is 4.40. The van der Waals surface area contributed by atoms with Crippen molar-refractivity contribution in [2.45, 2.75) is 59.9 Å². The molecule has 0 spiro atoms. The molecule has 0 saturated carbocycles. The van der Waals surface area contributed by atoms with Gasteiger partial charge in [-0.2, -0.15) is 0 Å². The van der Waals surface area contributed by atoms with Crippen LogP contribution in [0.25, 0.3) is 0 Å². The number of ketones is 1. The van der Waals surface area contributed by atoms with Crippen molar-refractivity contribution in [2.75, 3.05) is 7.11 Å². The maximum Gasteiger partial charge on any atom is 0.309 e. The second kappa shape index (κ2) is 12.8. The summed E-state index contributed by atoms with van der Waals surface area (Å²) in [5.74, 6) is -2.19. The molecule has 0 aliphatic rings. The number of aromatic nitrogens is 1. The molecule has 0 unspecified atom stereocenters. The summed E-state index contributed by atoms with van der Waals surface area (Å²) in [6, 6.07) is 11.2. The summed E-state index contributed by atoms with van der Waals surface area (Å²) in [5, 5.41) is 0. The van der Waals surface area contributed by atoms with Gasteiger partial charge < -0.3 is 18.9 Å². The van der Waals surface area contributed by atoms with Crippen LogP contribution in [0.4, 0.5) is 0 Å². The number of rotatable bonds is 12. The van der Waals surface area contributed by atoms with Crippen molar-refractivity contribution in [3.63, 3.8) is 0 Å². The summed E-state index contributed by atoms with van der Waals surface area (Å²) in [7, 11) is 1.39. The number of hydrogen-bond acceptors (Lipinski definition) is 8. The van der Waals surface area contributed by atoms with Gasteiger partial charge in [0.2, 0.25) is 5.75 Å². The van der Waals surface area contributed by atoms with Crippen molar-refractivity contribution in [3.05, 3.63) is 53.9 Å². The first-order chi connectivity index (χ1) is 16.1. The average molecular weight is 472 g/mol. The summed E-state index contributed by atoms with van der Waals surface area (Å²) in [5.41, 5.74) is 0.950. The van der Waals surface area contributed by atoms with E-state index in [0.717, 1.165) is 5.56 Å². The number of benzene rings is 1. The number of carbonyl (C=O) groups excluding carboxylic acids is 3. The topological polar surface area (TPSA) is 101 Å². The van der Waals surface area contributed by atoms with E-state index in [1.807, 2.05) is 51.1 Å². The molecule has 1 aromatic carbocycles. The minimum atomic E-state index is -0.742. The molecule has 0 radical (unpaired) electrons. The van der Waals surface area contributed by atoms with Crippen molar-refractivity contribution in [1.29, 1.82) is 0 Å². The summed E-state index contributed by atoms with van der Waals surface area (Å²) in [6.45, 7) is 8.98. The first kappa shape index (κ1) is 27.0. The van der Waals surface area contributed by atoms with E-state index in [1.54, 1.807) is 6.92 Å². The first-order valence-electron chi connectivity index (χ1n) is 11.2. The third-order valence-electron chi connectivity index (χ3n) is 5.22. The molecule has 1 heterocycles. The van der Waals surface area contributed by atoms with Crippen LogP contribution in [0.3, 0.4) is 0 Å². The van der Waals surface area contributed by atoms with E-state index in [2.05, 4.69) is 4.98 Å². The number of esters is 2. The van der Waals surface area contributed by atoms with Gasteiger partial charge in [-0.25, -0.2) is 4.98 Å². The van der Waals surface area contributed by atoms with E-state index in [9.17, 15) is 14.4 Å². The molecule has 8 nitrogen and oxygen atoms in total. The van der Waals surface area contributed by atoms with Crippen molar-refractivity contribution >= 4 is 17.7 Å². The van der Waals surface area contributed by atoms with Gasteiger partial charge in [0.15, 0.2) is 17.2 Å². The van der Waals surface area contributed by atoms with Gasteiger partial charge >= 0.3 is 11.9 Å². The fourth-order valence-electron chi connectivity index (χ4n) is 3.41. The van der Waals surface area contributed by atoms with E-state index >= 15 is 0 Å². The van der Waals surface area contributed by atoms with Crippen molar-refractivity contribution in [1.82, 2.24) is 4.98 Å². The molecule has 0 amide bonds. The van der Waals surface area contributed by atoms with Crippen LogP contribution < -0.4 is 9.47 Å². The molecular formula is C26H33NO7. The van der Waals surface area contributed by atoms with Crippen LogP contribution in [0.5, 0.6) is 11.5 Å². The van der Waals surface area contributed by atoms with E-state index < -0.39 is 29.7 Å². The zero-order valence-corrected chi connectivity index (χ0v) is 20.6.